The zero-order valence-corrected chi connectivity index (χ0v) is 7.54. The van der Waals surface area contributed by atoms with Crippen LogP contribution >= 0.6 is 15.9 Å². The summed E-state index contributed by atoms with van der Waals surface area (Å²) >= 11 is 3.41. The van der Waals surface area contributed by atoms with E-state index in [1.165, 1.54) is 0 Å². The topological polar surface area (TPSA) is 30.2 Å². The lowest BCUT2D eigenvalue weighted by Crippen LogP contribution is -1.88. The lowest BCUT2D eigenvalue weighted by atomic mass is 10.5. The van der Waals surface area contributed by atoms with Gasteiger partial charge in [0.25, 0.3) is 0 Å². The Balaban J connectivity index is 2.96. The number of halogens is 1. The number of pyridine rings is 1. The van der Waals surface area contributed by atoms with Crippen molar-refractivity contribution in [1.82, 2.24) is 14.6 Å². The highest BCUT2D eigenvalue weighted by atomic mass is 79.9. The van der Waals surface area contributed by atoms with Crippen molar-refractivity contribution in [2.24, 2.45) is 0 Å². The molecular formula is C7H6BrN3. The summed E-state index contributed by atoms with van der Waals surface area (Å²) in [5.41, 5.74) is 0.872. The van der Waals surface area contributed by atoms with Crippen molar-refractivity contribution >= 4 is 21.6 Å². The molecule has 0 atom stereocenters. The van der Waals surface area contributed by atoms with Crippen LogP contribution in [0.5, 0.6) is 0 Å². The zero-order valence-electron chi connectivity index (χ0n) is 5.95. The van der Waals surface area contributed by atoms with Crippen molar-refractivity contribution in [3.8, 4) is 0 Å². The fraction of sp³-hybridized carbons (Fsp3) is 0.143. The number of aromatic nitrogens is 3. The van der Waals surface area contributed by atoms with Crippen LogP contribution < -0.4 is 0 Å². The molecule has 0 fully saturated rings. The van der Waals surface area contributed by atoms with Crippen LogP contribution in [-0.2, 0) is 0 Å². The van der Waals surface area contributed by atoms with E-state index in [1.807, 2.05) is 29.5 Å². The van der Waals surface area contributed by atoms with E-state index in [0.29, 0.717) is 0 Å². The van der Waals surface area contributed by atoms with E-state index in [2.05, 4.69) is 26.1 Å². The number of hydrogen-bond acceptors (Lipinski definition) is 2. The van der Waals surface area contributed by atoms with Crippen LogP contribution in [0.2, 0.25) is 0 Å². The van der Waals surface area contributed by atoms with Gasteiger partial charge in [0.05, 0.1) is 4.60 Å². The second-order valence-corrected chi connectivity index (χ2v) is 3.10. The molecule has 3 nitrogen and oxygen atoms in total. The molecule has 0 spiro atoms. The van der Waals surface area contributed by atoms with Gasteiger partial charge in [0, 0.05) is 0 Å². The summed E-state index contributed by atoms with van der Waals surface area (Å²) in [7, 11) is 0. The van der Waals surface area contributed by atoms with Gasteiger partial charge in [-0.05, 0) is 35.0 Å². The lowest BCUT2D eigenvalue weighted by Gasteiger charge is -1.95. The van der Waals surface area contributed by atoms with E-state index in [9.17, 15) is 0 Å². The highest BCUT2D eigenvalue weighted by Gasteiger charge is 2.01. The number of nitrogens with zero attached hydrogens (tertiary/aromatic N) is 3. The third-order valence-electron chi connectivity index (χ3n) is 1.54. The van der Waals surface area contributed by atoms with Crippen molar-refractivity contribution in [3.05, 3.63) is 28.6 Å². The van der Waals surface area contributed by atoms with E-state index in [-0.39, 0.29) is 0 Å². The molecule has 0 aliphatic rings. The standard InChI is InChI=1S/C7H6BrN3/c1-5-9-10-7-4-2-3-6(8)11(5)7/h2-4H,1H3. The first-order valence-corrected chi connectivity index (χ1v) is 4.04. The molecular weight excluding hydrogens is 206 g/mol. The normalized spacial score (nSPS) is 10.7. The third-order valence-corrected chi connectivity index (χ3v) is 2.16. The molecule has 0 aliphatic carbocycles. The van der Waals surface area contributed by atoms with Gasteiger partial charge in [-0.25, -0.2) is 0 Å². The maximum Gasteiger partial charge on any atom is 0.161 e. The van der Waals surface area contributed by atoms with Crippen molar-refractivity contribution in [2.45, 2.75) is 6.92 Å². The fourth-order valence-electron chi connectivity index (χ4n) is 1.04. The summed E-state index contributed by atoms with van der Waals surface area (Å²) < 4.78 is 2.93. The van der Waals surface area contributed by atoms with E-state index in [0.717, 1.165) is 16.1 Å². The maximum atomic E-state index is 3.96. The van der Waals surface area contributed by atoms with Crippen molar-refractivity contribution in [3.63, 3.8) is 0 Å². The minimum Gasteiger partial charge on any atom is -0.273 e. The second-order valence-electron chi connectivity index (χ2n) is 2.29. The van der Waals surface area contributed by atoms with Gasteiger partial charge in [-0.1, -0.05) is 6.07 Å². The molecule has 0 saturated carbocycles. The van der Waals surface area contributed by atoms with Crippen molar-refractivity contribution in [2.75, 3.05) is 0 Å². The Kier molecular flexibility index (Phi) is 1.42. The predicted octanol–water partition coefficient (Wildman–Crippen LogP) is 1.80. The summed E-state index contributed by atoms with van der Waals surface area (Å²) in [5, 5.41) is 7.90. The molecule has 2 heterocycles. The Morgan fingerprint density at radius 1 is 1.36 bits per heavy atom. The van der Waals surface area contributed by atoms with Gasteiger partial charge >= 0.3 is 0 Å². The van der Waals surface area contributed by atoms with E-state index >= 15 is 0 Å². The van der Waals surface area contributed by atoms with Gasteiger partial charge in [-0.3, -0.25) is 4.40 Å². The van der Waals surface area contributed by atoms with E-state index < -0.39 is 0 Å². The van der Waals surface area contributed by atoms with Crippen LogP contribution in [0.1, 0.15) is 5.82 Å². The average Bonchev–Trinajstić information content (AvgIpc) is 2.34. The SMILES string of the molecule is Cc1nnc2cccc(Br)n12. The molecule has 0 aromatic carbocycles. The Bertz CT molecular complexity index is 393. The fourth-order valence-corrected chi connectivity index (χ4v) is 1.63. The first kappa shape index (κ1) is 6.79. The number of hydrogen-bond donors (Lipinski definition) is 0. The molecule has 2 aromatic heterocycles. The molecule has 4 heteroatoms. The molecule has 0 radical (unpaired) electrons. The Labute approximate surface area is 72.2 Å². The van der Waals surface area contributed by atoms with Crippen LogP contribution in [0.3, 0.4) is 0 Å². The monoisotopic (exact) mass is 211 g/mol. The van der Waals surface area contributed by atoms with Crippen molar-refractivity contribution in [1.29, 1.82) is 0 Å². The third kappa shape index (κ3) is 0.939. The first-order chi connectivity index (χ1) is 5.29. The highest BCUT2D eigenvalue weighted by molar-refractivity contribution is 9.10. The summed E-state index contributed by atoms with van der Waals surface area (Å²) in [4.78, 5) is 0. The lowest BCUT2D eigenvalue weighted by molar-refractivity contribution is 0.993. The molecule has 0 N–H and O–H groups in total. The first-order valence-electron chi connectivity index (χ1n) is 3.25. The summed E-state index contributed by atoms with van der Waals surface area (Å²) in [5.74, 6) is 0.896. The highest BCUT2D eigenvalue weighted by Crippen LogP contribution is 2.12. The summed E-state index contributed by atoms with van der Waals surface area (Å²) in [6.07, 6.45) is 0. The number of fused-ring (bicyclic) bond motifs is 1. The van der Waals surface area contributed by atoms with E-state index in [1.54, 1.807) is 0 Å². The molecule has 11 heavy (non-hydrogen) atoms. The Hall–Kier alpha value is -0.900. The second kappa shape index (κ2) is 2.30. The largest absolute Gasteiger partial charge is 0.273 e. The smallest absolute Gasteiger partial charge is 0.161 e. The van der Waals surface area contributed by atoms with Gasteiger partial charge in [0.1, 0.15) is 5.82 Å². The average molecular weight is 212 g/mol. The van der Waals surface area contributed by atoms with Gasteiger partial charge in [0.2, 0.25) is 0 Å². The molecule has 0 bridgehead atoms. The minimum absolute atomic E-state index is 0.872. The molecule has 0 unspecified atom stereocenters. The van der Waals surface area contributed by atoms with Crippen LogP contribution in [0.4, 0.5) is 0 Å². The molecule has 0 saturated heterocycles. The molecule has 56 valence electrons. The number of aryl methyl sites for hydroxylation is 1. The molecule has 2 aromatic rings. The molecule has 0 aliphatic heterocycles. The zero-order chi connectivity index (χ0) is 7.84. The van der Waals surface area contributed by atoms with Crippen LogP contribution in [0.25, 0.3) is 5.65 Å². The minimum atomic E-state index is 0.872. The Morgan fingerprint density at radius 3 is 2.91 bits per heavy atom. The van der Waals surface area contributed by atoms with Gasteiger partial charge < -0.3 is 0 Å². The van der Waals surface area contributed by atoms with Gasteiger partial charge in [0.15, 0.2) is 5.65 Å². The quantitative estimate of drug-likeness (QED) is 0.623. The number of rotatable bonds is 0. The Morgan fingerprint density at radius 2 is 2.18 bits per heavy atom. The van der Waals surface area contributed by atoms with Crippen LogP contribution in [0, 0.1) is 6.92 Å². The van der Waals surface area contributed by atoms with Crippen molar-refractivity contribution < 1.29 is 0 Å². The predicted molar refractivity (Wildman–Crippen MR) is 45.4 cm³/mol. The van der Waals surface area contributed by atoms with Gasteiger partial charge in [-0.2, -0.15) is 0 Å². The summed E-state index contributed by atoms with van der Waals surface area (Å²) in [6, 6.07) is 5.82. The van der Waals surface area contributed by atoms with Gasteiger partial charge in [-0.15, -0.1) is 10.2 Å². The summed E-state index contributed by atoms with van der Waals surface area (Å²) in [6.45, 7) is 1.92. The molecule has 2 rings (SSSR count). The van der Waals surface area contributed by atoms with Crippen LogP contribution in [0.15, 0.2) is 22.8 Å². The van der Waals surface area contributed by atoms with Crippen LogP contribution in [-0.4, -0.2) is 14.6 Å². The van der Waals surface area contributed by atoms with E-state index in [4.69, 9.17) is 0 Å². The molecule has 0 amide bonds. The maximum absolute atomic E-state index is 3.96.